The van der Waals surface area contributed by atoms with Crippen LogP contribution in [0, 0.1) is 6.92 Å². The van der Waals surface area contributed by atoms with Gasteiger partial charge in [-0.25, -0.2) is 13.4 Å². The number of nitrogens with zero attached hydrogens (tertiary/aromatic N) is 2. The van der Waals surface area contributed by atoms with Crippen molar-refractivity contribution in [1.29, 1.82) is 0 Å². The van der Waals surface area contributed by atoms with E-state index >= 15 is 0 Å². The molecule has 0 bridgehead atoms. The molecule has 1 unspecified atom stereocenters. The summed E-state index contributed by atoms with van der Waals surface area (Å²) in [6.45, 7) is 4.83. The number of alkyl halides is 3. The lowest BCUT2D eigenvalue weighted by atomic mass is 9.91. The second-order valence-electron chi connectivity index (χ2n) is 8.51. The molecule has 33 heavy (non-hydrogen) atoms. The summed E-state index contributed by atoms with van der Waals surface area (Å²) in [6.07, 6.45) is -1.19. The van der Waals surface area contributed by atoms with Gasteiger partial charge < -0.3 is 4.90 Å². The number of nitrogens with one attached hydrogen (secondary N) is 1. The van der Waals surface area contributed by atoms with Crippen molar-refractivity contribution in [3.05, 3.63) is 52.7 Å². The van der Waals surface area contributed by atoms with Crippen molar-refractivity contribution < 1.29 is 26.4 Å². The molecule has 1 N–H and O–H groups in total. The summed E-state index contributed by atoms with van der Waals surface area (Å²) in [6, 6.07) is 7.50. The lowest BCUT2D eigenvalue weighted by Gasteiger charge is -2.22. The van der Waals surface area contributed by atoms with Crippen LogP contribution >= 0.6 is 0 Å². The van der Waals surface area contributed by atoms with Gasteiger partial charge in [0.2, 0.25) is 10.0 Å². The van der Waals surface area contributed by atoms with Gasteiger partial charge in [-0.3, -0.25) is 9.52 Å². The monoisotopic (exact) mass is 483 g/mol. The molecule has 1 atom stereocenters. The number of aryl methyl sites for hydroxylation is 2. The lowest BCUT2D eigenvalue weighted by Crippen LogP contribution is -2.23. The maximum atomic E-state index is 13.2. The fourth-order valence-corrected chi connectivity index (χ4v) is 4.59. The van der Waals surface area contributed by atoms with E-state index in [0.29, 0.717) is 42.1 Å². The zero-order chi connectivity index (χ0) is 24.4. The quantitative estimate of drug-likeness (QED) is 0.590. The number of carbonyl (C=O) groups is 1. The van der Waals surface area contributed by atoms with Crippen LogP contribution < -0.4 is 9.62 Å². The zero-order valence-electron chi connectivity index (χ0n) is 18.9. The summed E-state index contributed by atoms with van der Waals surface area (Å²) in [7, 11) is -3.41. The molecular formula is C23H28F3N3O3S. The minimum atomic E-state index is -4.52. The van der Waals surface area contributed by atoms with Crippen molar-refractivity contribution in [2.24, 2.45) is 0 Å². The number of Topliss-reactive ketones (excluding diaryl/α,β-unsaturated/α-hetero) is 1. The minimum Gasteiger partial charge on any atom is -0.356 e. The first-order chi connectivity index (χ1) is 15.3. The molecule has 1 saturated heterocycles. The van der Waals surface area contributed by atoms with Crippen LogP contribution in [0.1, 0.15) is 54.5 Å². The number of hydrogen-bond acceptors (Lipinski definition) is 5. The Morgan fingerprint density at radius 1 is 1.18 bits per heavy atom. The highest BCUT2D eigenvalue weighted by atomic mass is 32.2. The first-order valence-electron chi connectivity index (χ1n) is 10.8. The number of aromatic nitrogens is 1. The van der Waals surface area contributed by atoms with Crippen LogP contribution in [0.2, 0.25) is 0 Å². The van der Waals surface area contributed by atoms with Crippen LogP contribution in [0.25, 0.3) is 0 Å². The van der Waals surface area contributed by atoms with Gasteiger partial charge in [-0.05, 0) is 55.0 Å². The highest BCUT2D eigenvalue weighted by Crippen LogP contribution is 2.32. The second-order valence-corrected chi connectivity index (χ2v) is 10.3. The number of rotatable bonds is 8. The molecule has 0 amide bonds. The predicted molar refractivity (Wildman–Crippen MR) is 122 cm³/mol. The van der Waals surface area contributed by atoms with Crippen LogP contribution in [0.5, 0.6) is 0 Å². The Balaban J connectivity index is 1.74. The van der Waals surface area contributed by atoms with E-state index in [2.05, 4.69) is 9.71 Å². The number of ketones is 1. The molecule has 1 aromatic carbocycles. The van der Waals surface area contributed by atoms with E-state index in [-0.39, 0.29) is 12.2 Å². The van der Waals surface area contributed by atoms with Gasteiger partial charge in [0.25, 0.3) is 0 Å². The molecule has 0 aliphatic carbocycles. The highest BCUT2D eigenvalue weighted by molar-refractivity contribution is 7.92. The van der Waals surface area contributed by atoms with Crippen molar-refractivity contribution in [1.82, 2.24) is 4.98 Å². The Morgan fingerprint density at radius 3 is 2.42 bits per heavy atom. The molecule has 0 saturated carbocycles. The summed E-state index contributed by atoms with van der Waals surface area (Å²) < 4.78 is 64.9. The number of anilines is 2. The number of benzene rings is 1. The zero-order valence-corrected chi connectivity index (χ0v) is 19.7. The van der Waals surface area contributed by atoms with Crippen molar-refractivity contribution in [2.45, 2.75) is 51.6 Å². The minimum absolute atomic E-state index is 0.0505. The van der Waals surface area contributed by atoms with E-state index in [4.69, 9.17) is 0 Å². The van der Waals surface area contributed by atoms with Gasteiger partial charge in [0.05, 0.1) is 11.9 Å². The third-order valence-electron chi connectivity index (χ3n) is 5.82. The summed E-state index contributed by atoms with van der Waals surface area (Å²) >= 11 is 0. The smallest absolute Gasteiger partial charge is 0.356 e. The molecule has 180 valence electrons. The van der Waals surface area contributed by atoms with E-state index in [1.165, 1.54) is 6.07 Å². The second kappa shape index (κ2) is 9.70. The third kappa shape index (κ3) is 6.46. The topological polar surface area (TPSA) is 79.4 Å². The van der Waals surface area contributed by atoms with Gasteiger partial charge in [-0.2, -0.15) is 13.2 Å². The molecule has 2 heterocycles. The van der Waals surface area contributed by atoms with E-state index in [0.717, 1.165) is 30.7 Å². The molecule has 10 heteroatoms. The normalized spacial score (nSPS) is 15.5. The number of sulfonamides is 1. The van der Waals surface area contributed by atoms with Gasteiger partial charge in [-0.15, -0.1) is 0 Å². The Kier molecular flexibility index (Phi) is 7.36. The Hall–Kier alpha value is -2.62. The van der Waals surface area contributed by atoms with Crippen LogP contribution in [-0.4, -0.2) is 38.5 Å². The van der Waals surface area contributed by atoms with Crippen LogP contribution in [0.4, 0.5) is 24.7 Å². The van der Waals surface area contributed by atoms with Crippen LogP contribution in [0.3, 0.4) is 0 Å². The highest BCUT2D eigenvalue weighted by Gasteiger charge is 2.34. The molecule has 3 rings (SSSR count). The first kappa shape index (κ1) is 25.0. The van der Waals surface area contributed by atoms with Crippen LogP contribution in [-0.2, 0) is 27.4 Å². The average Bonchev–Trinajstić information content (AvgIpc) is 3.26. The summed E-state index contributed by atoms with van der Waals surface area (Å²) in [4.78, 5) is 18.6. The summed E-state index contributed by atoms with van der Waals surface area (Å²) in [5, 5.41) is 0. The Morgan fingerprint density at radius 2 is 1.85 bits per heavy atom. The SMILES string of the molecule is Cc1cc(C(C)C(=O)CCc2ccc(C(F)(F)F)nc2N2CCCC2)ccc1NS(C)(=O)=O. The van der Waals surface area contributed by atoms with Crippen molar-refractivity contribution in [2.75, 3.05) is 29.0 Å². The average molecular weight is 484 g/mol. The Labute approximate surface area is 192 Å². The molecule has 1 aliphatic rings. The Bertz CT molecular complexity index is 1130. The number of carbonyl (C=O) groups excluding carboxylic acids is 1. The number of halogens is 3. The van der Waals surface area contributed by atoms with Gasteiger partial charge in [-0.1, -0.05) is 25.1 Å². The van der Waals surface area contributed by atoms with E-state index in [1.54, 1.807) is 32.0 Å². The summed E-state index contributed by atoms with van der Waals surface area (Å²) in [5.41, 5.74) is 1.61. The maximum Gasteiger partial charge on any atom is 0.433 e. The van der Waals surface area contributed by atoms with Crippen molar-refractivity contribution >= 4 is 27.3 Å². The largest absolute Gasteiger partial charge is 0.433 e. The third-order valence-corrected chi connectivity index (χ3v) is 6.41. The molecule has 0 spiro atoms. The molecule has 2 aromatic rings. The summed E-state index contributed by atoms with van der Waals surface area (Å²) in [5.74, 6) is -0.172. The van der Waals surface area contributed by atoms with E-state index in [1.807, 2.05) is 4.90 Å². The predicted octanol–water partition coefficient (Wildman–Crippen LogP) is 4.69. The van der Waals surface area contributed by atoms with Gasteiger partial charge in [0.15, 0.2) is 0 Å². The van der Waals surface area contributed by atoms with Gasteiger partial charge >= 0.3 is 6.18 Å². The molecule has 1 fully saturated rings. The van der Waals surface area contributed by atoms with Crippen molar-refractivity contribution in [3.63, 3.8) is 0 Å². The number of pyridine rings is 1. The standard InChI is InChI=1S/C23H28F3N3O3S/c1-15-14-18(6-9-19(15)28-33(3,31)32)16(2)20(30)10-7-17-8-11-21(23(24,25)26)27-22(17)29-12-4-5-13-29/h6,8-9,11,14,16,28H,4-5,7,10,12-13H2,1-3H3. The lowest BCUT2D eigenvalue weighted by molar-refractivity contribution is -0.141. The molecule has 1 aromatic heterocycles. The van der Waals surface area contributed by atoms with Gasteiger partial charge in [0, 0.05) is 25.4 Å². The molecular weight excluding hydrogens is 455 g/mol. The first-order valence-corrected chi connectivity index (χ1v) is 12.7. The van der Waals surface area contributed by atoms with Crippen molar-refractivity contribution in [3.8, 4) is 0 Å². The fourth-order valence-electron chi connectivity index (χ4n) is 3.96. The van der Waals surface area contributed by atoms with Gasteiger partial charge in [0.1, 0.15) is 17.3 Å². The fraction of sp³-hybridized carbons (Fsp3) is 0.478. The molecule has 6 nitrogen and oxygen atoms in total. The molecule has 0 radical (unpaired) electrons. The van der Waals surface area contributed by atoms with E-state index < -0.39 is 27.8 Å². The maximum absolute atomic E-state index is 13.2. The number of hydrogen-bond donors (Lipinski definition) is 1. The van der Waals surface area contributed by atoms with E-state index in [9.17, 15) is 26.4 Å². The van der Waals surface area contributed by atoms with Crippen LogP contribution in [0.15, 0.2) is 30.3 Å². The molecule has 1 aliphatic heterocycles.